The number of aliphatic hydroxyl groups excluding tert-OH is 1. The van der Waals surface area contributed by atoms with Crippen LogP contribution >= 0.6 is 0 Å². The zero-order chi connectivity index (χ0) is 12.3. The Labute approximate surface area is 102 Å². The normalized spacial score (nSPS) is 26.3. The molecule has 2 rings (SSSR count). The molecule has 1 aliphatic rings. The Kier molecular flexibility index (Phi) is 4.12. The molecule has 0 spiro atoms. The largest absolute Gasteiger partial charge is 0.393 e. The molecular formula is C12H22N4O. The number of hydrogen-bond donors (Lipinski definition) is 1. The lowest BCUT2D eigenvalue weighted by molar-refractivity contribution is 0.0305. The van der Waals surface area contributed by atoms with Crippen LogP contribution in [-0.4, -0.2) is 44.0 Å². The molecule has 1 fully saturated rings. The zero-order valence-electron chi connectivity index (χ0n) is 10.7. The first kappa shape index (κ1) is 12.5. The second-order valence-electron chi connectivity index (χ2n) is 4.97. The van der Waals surface area contributed by atoms with Crippen molar-refractivity contribution in [2.75, 3.05) is 13.1 Å². The minimum Gasteiger partial charge on any atom is -0.393 e. The van der Waals surface area contributed by atoms with Gasteiger partial charge in [0, 0.05) is 19.6 Å². The van der Waals surface area contributed by atoms with Gasteiger partial charge in [0.25, 0.3) is 0 Å². The summed E-state index contributed by atoms with van der Waals surface area (Å²) in [6, 6.07) is 0. The summed E-state index contributed by atoms with van der Waals surface area (Å²) >= 11 is 0. The van der Waals surface area contributed by atoms with Crippen molar-refractivity contribution in [1.29, 1.82) is 0 Å². The number of aryl methyl sites for hydroxylation is 1. The van der Waals surface area contributed by atoms with Crippen LogP contribution in [0.4, 0.5) is 0 Å². The van der Waals surface area contributed by atoms with Crippen molar-refractivity contribution in [3.8, 4) is 0 Å². The fourth-order valence-electron chi connectivity index (χ4n) is 2.37. The van der Waals surface area contributed by atoms with Gasteiger partial charge in [-0.25, -0.2) is 9.67 Å². The fourth-order valence-corrected chi connectivity index (χ4v) is 2.37. The summed E-state index contributed by atoms with van der Waals surface area (Å²) in [6.45, 7) is 7.92. The maximum Gasteiger partial charge on any atom is 0.141 e. The number of hydrogen-bond acceptors (Lipinski definition) is 4. The van der Waals surface area contributed by atoms with E-state index < -0.39 is 0 Å². The van der Waals surface area contributed by atoms with E-state index in [2.05, 4.69) is 28.8 Å². The molecule has 0 saturated carbocycles. The summed E-state index contributed by atoms with van der Waals surface area (Å²) in [7, 11) is 0. The Morgan fingerprint density at radius 2 is 2.35 bits per heavy atom. The predicted molar refractivity (Wildman–Crippen MR) is 65.4 cm³/mol. The lowest BCUT2D eigenvalue weighted by Crippen LogP contribution is -2.41. The van der Waals surface area contributed by atoms with Crippen molar-refractivity contribution in [2.45, 2.75) is 45.9 Å². The van der Waals surface area contributed by atoms with Crippen LogP contribution in [0.2, 0.25) is 0 Å². The van der Waals surface area contributed by atoms with E-state index in [1.807, 2.05) is 4.68 Å². The first-order valence-electron chi connectivity index (χ1n) is 6.47. The van der Waals surface area contributed by atoms with Gasteiger partial charge >= 0.3 is 0 Å². The SMILES string of the molecule is CCCn1ncnc1CN1CCC(O)C(C)C1. The molecule has 0 bridgehead atoms. The Morgan fingerprint density at radius 1 is 1.53 bits per heavy atom. The predicted octanol–water partition coefficient (Wildman–Crippen LogP) is 0.891. The van der Waals surface area contributed by atoms with Gasteiger partial charge in [-0.1, -0.05) is 13.8 Å². The monoisotopic (exact) mass is 238 g/mol. The molecule has 5 heteroatoms. The molecule has 2 unspecified atom stereocenters. The molecule has 1 aromatic heterocycles. The number of aliphatic hydroxyl groups is 1. The number of piperidine rings is 1. The molecule has 0 aromatic carbocycles. The minimum atomic E-state index is -0.139. The van der Waals surface area contributed by atoms with E-state index in [0.717, 1.165) is 44.8 Å². The lowest BCUT2D eigenvalue weighted by atomic mass is 9.97. The van der Waals surface area contributed by atoms with Gasteiger partial charge in [-0.2, -0.15) is 5.10 Å². The molecule has 2 heterocycles. The third-order valence-electron chi connectivity index (χ3n) is 3.44. The van der Waals surface area contributed by atoms with Crippen LogP contribution in [0.25, 0.3) is 0 Å². The Balaban J connectivity index is 1.94. The molecule has 1 saturated heterocycles. The fraction of sp³-hybridized carbons (Fsp3) is 0.833. The van der Waals surface area contributed by atoms with Crippen LogP contribution in [0.15, 0.2) is 6.33 Å². The van der Waals surface area contributed by atoms with Crippen LogP contribution in [0, 0.1) is 5.92 Å². The zero-order valence-corrected chi connectivity index (χ0v) is 10.7. The van der Waals surface area contributed by atoms with E-state index in [1.165, 1.54) is 0 Å². The third-order valence-corrected chi connectivity index (χ3v) is 3.44. The molecule has 1 aromatic rings. The molecule has 0 radical (unpaired) electrons. The van der Waals surface area contributed by atoms with E-state index in [-0.39, 0.29) is 6.10 Å². The van der Waals surface area contributed by atoms with Crippen molar-refractivity contribution >= 4 is 0 Å². The van der Waals surface area contributed by atoms with Gasteiger partial charge in [-0.3, -0.25) is 4.90 Å². The summed E-state index contributed by atoms with van der Waals surface area (Å²) in [4.78, 5) is 6.68. The van der Waals surface area contributed by atoms with Crippen molar-refractivity contribution in [1.82, 2.24) is 19.7 Å². The number of rotatable bonds is 4. The summed E-state index contributed by atoms with van der Waals surface area (Å²) in [5, 5.41) is 13.9. The van der Waals surface area contributed by atoms with E-state index in [4.69, 9.17) is 0 Å². The maximum atomic E-state index is 9.70. The van der Waals surface area contributed by atoms with Crippen LogP contribution in [0.3, 0.4) is 0 Å². The lowest BCUT2D eigenvalue weighted by Gasteiger charge is -2.33. The summed E-state index contributed by atoms with van der Waals surface area (Å²) < 4.78 is 1.98. The summed E-state index contributed by atoms with van der Waals surface area (Å²) in [5.41, 5.74) is 0. The molecule has 1 aliphatic heterocycles. The molecule has 2 atom stereocenters. The molecule has 0 amide bonds. The number of nitrogens with zero attached hydrogens (tertiary/aromatic N) is 4. The first-order valence-corrected chi connectivity index (χ1v) is 6.47. The minimum absolute atomic E-state index is 0.139. The molecule has 5 nitrogen and oxygen atoms in total. The Bertz CT molecular complexity index is 352. The highest BCUT2D eigenvalue weighted by Crippen LogP contribution is 2.17. The quantitative estimate of drug-likeness (QED) is 0.846. The van der Waals surface area contributed by atoms with Crippen molar-refractivity contribution in [3.63, 3.8) is 0 Å². The van der Waals surface area contributed by atoms with Crippen LogP contribution in [0.5, 0.6) is 0 Å². The van der Waals surface area contributed by atoms with Crippen molar-refractivity contribution < 1.29 is 5.11 Å². The van der Waals surface area contributed by atoms with E-state index in [1.54, 1.807) is 6.33 Å². The van der Waals surface area contributed by atoms with Gasteiger partial charge in [-0.05, 0) is 18.8 Å². The van der Waals surface area contributed by atoms with E-state index >= 15 is 0 Å². The highest BCUT2D eigenvalue weighted by atomic mass is 16.3. The van der Waals surface area contributed by atoms with Gasteiger partial charge in [0.1, 0.15) is 12.2 Å². The summed E-state index contributed by atoms with van der Waals surface area (Å²) in [6.07, 6.45) is 3.43. The molecule has 17 heavy (non-hydrogen) atoms. The second kappa shape index (κ2) is 5.60. The molecule has 96 valence electrons. The maximum absolute atomic E-state index is 9.70. The van der Waals surface area contributed by atoms with E-state index in [9.17, 15) is 5.11 Å². The third kappa shape index (κ3) is 3.04. The average Bonchev–Trinajstić information content (AvgIpc) is 2.72. The van der Waals surface area contributed by atoms with Crippen molar-refractivity contribution in [2.24, 2.45) is 5.92 Å². The number of aromatic nitrogens is 3. The molecule has 1 N–H and O–H groups in total. The number of likely N-dealkylation sites (tertiary alicyclic amines) is 1. The molecular weight excluding hydrogens is 216 g/mol. The van der Waals surface area contributed by atoms with Gasteiger partial charge in [0.15, 0.2) is 0 Å². The van der Waals surface area contributed by atoms with Gasteiger partial charge in [-0.15, -0.1) is 0 Å². The van der Waals surface area contributed by atoms with Gasteiger partial charge in [0.05, 0.1) is 12.6 Å². The van der Waals surface area contributed by atoms with Gasteiger partial charge in [0.2, 0.25) is 0 Å². The summed E-state index contributed by atoms with van der Waals surface area (Å²) in [5.74, 6) is 1.39. The standard InChI is InChI=1S/C12H22N4O/c1-3-5-16-12(13-9-14-16)8-15-6-4-11(17)10(2)7-15/h9-11,17H,3-8H2,1-2H3. The highest BCUT2D eigenvalue weighted by Gasteiger charge is 2.24. The average molecular weight is 238 g/mol. The molecule has 0 aliphatic carbocycles. The van der Waals surface area contributed by atoms with Crippen molar-refractivity contribution in [3.05, 3.63) is 12.2 Å². The smallest absolute Gasteiger partial charge is 0.141 e. The van der Waals surface area contributed by atoms with E-state index in [0.29, 0.717) is 5.92 Å². The van der Waals surface area contributed by atoms with Crippen LogP contribution in [-0.2, 0) is 13.1 Å². The van der Waals surface area contributed by atoms with Crippen LogP contribution in [0.1, 0.15) is 32.5 Å². The second-order valence-corrected chi connectivity index (χ2v) is 4.97. The van der Waals surface area contributed by atoms with Gasteiger partial charge < -0.3 is 5.11 Å². The first-order chi connectivity index (χ1) is 8.20. The topological polar surface area (TPSA) is 54.2 Å². The Morgan fingerprint density at radius 3 is 3.06 bits per heavy atom. The Hall–Kier alpha value is -0.940. The van der Waals surface area contributed by atoms with Crippen LogP contribution < -0.4 is 0 Å². The highest BCUT2D eigenvalue weighted by molar-refractivity contribution is 4.87.